The molecule has 4 nitrogen and oxygen atoms in total. The molecule has 112 valence electrons. The van der Waals surface area contributed by atoms with Crippen molar-refractivity contribution in [1.82, 2.24) is 9.97 Å². The molecule has 2 N–H and O–H groups in total. The molecule has 2 aromatic rings. The van der Waals surface area contributed by atoms with Gasteiger partial charge in [0.05, 0.1) is 0 Å². The molecule has 5 heteroatoms. The molecule has 0 saturated carbocycles. The molecule has 2 heterocycles. The van der Waals surface area contributed by atoms with Gasteiger partial charge in [0.15, 0.2) is 0 Å². The number of halogens is 1. The summed E-state index contributed by atoms with van der Waals surface area (Å²) in [7, 11) is 0. The highest BCUT2D eigenvalue weighted by Gasteiger charge is 2.18. The van der Waals surface area contributed by atoms with Crippen molar-refractivity contribution in [3.05, 3.63) is 52.8 Å². The fourth-order valence-electron chi connectivity index (χ4n) is 2.70. The molecule has 0 aliphatic carbocycles. The molecule has 1 aliphatic rings. The van der Waals surface area contributed by atoms with Crippen LogP contribution in [0.25, 0.3) is 0 Å². The Morgan fingerprint density at radius 2 is 1.95 bits per heavy atom. The van der Waals surface area contributed by atoms with Crippen LogP contribution in [0.5, 0.6) is 0 Å². The molecule has 0 fully saturated rings. The van der Waals surface area contributed by atoms with E-state index in [1.54, 1.807) is 0 Å². The van der Waals surface area contributed by atoms with Gasteiger partial charge in [-0.05, 0) is 37.1 Å². The van der Waals surface area contributed by atoms with Gasteiger partial charge >= 0.3 is 0 Å². The van der Waals surface area contributed by atoms with E-state index >= 15 is 0 Å². The third kappa shape index (κ3) is 3.52. The third-order valence-electron chi connectivity index (χ3n) is 3.71. The van der Waals surface area contributed by atoms with E-state index in [9.17, 15) is 0 Å². The molecule has 0 atom stereocenters. The molecular weight excluding hydrogens is 284 g/mol. The first-order chi connectivity index (χ1) is 9.76. The van der Waals surface area contributed by atoms with Gasteiger partial charge in [0.25, 0.3) is 0 Å². The van der Waals surface area contributed by atoms with Crippen molar-refractivity contribution in [1.29, 1.82) is 0 Å². The Morgan fingerprint density at radius 3 is 2.71 bits per heavy atom. The zero-order valence-electron chi connectivity index (χ0n) is 12.2. The minimum absolute atomic E-state index is 0. The SMILES string of the molecule is Cc1cc(CCN)nc(N2CCc3ccccc3C2)n1.Cl. The van der Waals surface area contributed by atoms with Crippen molar-refractivity contribution in [3.8, 4) is 0 Å². The van der Waals surface area contributed by atoms with Gasteiger partial charge in [-0.25, -0.2) is 9.97 Å². The largest absolute Gasteiger partial charge is 0.336 e. The predicted octanol–water partition coefficient (Wildman–Crippen LogP) is 2.27. The van der Waals surface area contributed by atoms with Gasteiger partial charge in [-0.3, -0.25) is 0 Å². The Bertz CT molecular complexity index is 615. The maximum absolute atomic E-state index is 5.63. The summed E-state index contributed by atoms with van der Waals surface area (Å²) in [5, 5.41) is 0. The van der Waals surface area contributed by atoms with Crippen molar-refractivity contribution >= 4 is 18.4 Å². The second-order valence-electron chi connectivity index (χ2n) is 5.28. The van der Waals surface area contributed by atoms with Crippen LogP contribution in [0.4, 0.5) is 5.95 Å². The fourth-order valence-corrected chi connectivity index (χ4v) is 2.70. The molecule has 3 rings (SSSR count). The van der Waals surface area contributed by atoms with E-state index in [0.717, 1.165) is 43.3 Å². The van der Waals surface area contributed by atoms with Crippen LogP contribution in [0.3, 0.4) is 0 Å². The molecule has 0 amide bonds. The Labute approximate surface area is 131 Å². The van der Waals surface area contributed by atoms with Gasteiger partial charge in [-0.15, -0.1) is 12.4 Å². The van der Waals surface area contributed by atoms with E-state index in [4.69, 9.17) is 5.73 Å². The van der Waals surface area contributed by atoms with Crippen LogP contribution >= 0.6 is 12.4 Å². The molecule has 1 aliphatic heterocycles. The fraction of sp³-hybridized carbons (Fsp3) is 0.375. The summed E-state index contributed by atoms with van der Waals surface area (Å²) < 4.78 is 0. The van der Waals surface area contributed by atoms with E-state index < -0.39 is 0 Å². The number of nitrogens with two attached hydrogens (primary N) is 1. The van der Waals surface area contributed by atoms with E-state index in [2.05, 4.69) is 39.1 Å². The third-order valence-corrected chi connectivity index (χ3v) is 3.71. The van der Waals surface area contributed by atoms with Gasteiger partial charge in [-0.2, -0.15) is 0 Å². The summed E-state index contributed by atoms with van der Waals surface area (Å²) in [6, 6.07) is 10.6. The van der Waals surface area contributed by atoms with Gasteiger partial charge in [-0.1, -0.05) is 24.3 Å². The van der Waals surface area contributed by atoms with Crippen LogP contribution in [0, 0.1) is 6.92 Å². The standard InChI is InChI=1S/C16H20N4.ClH/c1-12-10-15(6-8-17)19-16(18-12)20-9-7-13-4-2-3-5-14(13)11-20;/h2-5,10H,6-9,11,17H2,1H3;1H. The van der Waals surface area contributed by atoms with Gasteiger partial charge in [0, 0.05) is 30.9 Å². The van der Waals surface area contributed by atoms with Crippen LogP contribution in [0.1, 0.15) is 22.5 Å². The lowest BCUT2D eigenvalue weighted by Crippen LogP contribution is -2.32. The van der Waals surface area contributed by atoms with Crippen LogP contribution in [-0.2, 0) is 19.4 Å². The second-order valence-corrected chi connectivity index (χ2v) is 5.28. The lowest BCUT2D eigenvalue weighted by Gasteiger charge is -2.29. The lowest BCUT2D eigenvalue weighted by molar-refractivity contribution is 0.700. The summed E-state index contributed by atoms with van der Waals surface area (Å²) in [5.74, 6) is 0.836. The van der Waals surface area contributed by atoms with Crippen LogP contribution in [-0.4, -0.2) is 23.1 Å². The number of aromatic nitrogens is 2. The first-order valence-corrected chi connectivity index (χ1v) is 7.12. The lowest BCUT2D eigenvalue weighted by atomic mass is 10.0. The van der Waals surface area contributed by atoms with Crippen LogP contribution < -0.4 is 10.6 Å². The highest BCUT2D eigenvalue weighted by Crippen LogP contribution is 2.22. The zero-order chi connectivity index (χ0) is 13.9. The van der Waals surface area contributed by atoms with Crippen molar-refractivity contribution < 1.29 is 0 Å². The number of nitrogens with zero attached hydrogens (tertiary/aromatic N) is 3. The molecule has 0 unspecified atom stereocenters. The predicted molar refractivity (Wildman–Crippen MR) is 88.0 cm³/mol. The molecule has 0 radical (unpaired) electrons. The number of hydrogen-bond acceptors (Lipinski definition) is 4. The topological polar surface area (TPSA) is 55.0 Å². The maximum Gasteiger partial charge on any atom is 0.226 e. The van der Waals surface area contributed by atoms with Gasteiger partial charge in [0.1, 0.15) is 0 Å². The summed E-state index contributed by atoms with van der Waals surface area (Å²) in [5.41, 5.74) is 10.5. The molecule has 1 aromatic carbocycles. The normalized spacial score (nSPS) is 13.5. The van der Waals surface area contributed by atoms with Gasteiger partial charge < -0.3 is 10.6 Å². The second kappa shape index (κ2) is 6.87. The summed E-state index contributed by atoms with van der Waals surface area (Å²) >= 11 is 0. The van der Waals surface area contributed by atoms with Crippen LogP contribution in [0.15, 0.2) is 30.3 Å². The minimum atomic E-state index is 0. The zero-order valence-corrected chi connectivity index (χ0v) is 13.1. The number of fused-ring (bicyclic) bond motifs is 1. The molecule has 1 aromatic heterocycles. The molecular formula is C16H21ClN4. The number of benzene rings is 1. The Kier molecular flexibility index (Phi) is 5.15. The van der Waals surface area contributed by atoms with E-state index in [-0.39, 0.29) is 12.4 Å². The summed E-state index contributed by atoms with van der Waals surface area (Å²) in [4.78, 5) is 11.5. The highest BCUT2D eigenvalue weighted by molar-refractivity contribution is 5.85. The van der Waals surface area contributed by atoms with Crippen molar-refractivity contribution in [2.24, 2.45) is 5.73 Å². The average molecular weight is 305 g/mol. The summed E-state index contributed by atoms with van der Waals surface area (Å²) in [6.45, 7) is 4.51. The smallest absolute Gasteiger partial charge is 0.226 e. The van der Waals surface area contributed by atoms with Gasteiger partial charge in [0.2, 0.25) is 5.95 Å². The number of rotatable bonds is 3. The van der Waals surface area contributed by atoms with Crippen molar-refractivity contribution in [3.63, 3.8) is 0 Å². The van der Waals surface area contributed by atoms with E-state index in [0.29, 0.717) is 6.54 Å². The number of anilines is 1. The first kappa shape index (κ1) is 15.7. The molecule has 21 heavy (non-hydrogen) atoms. The molecule has 0 saturated heterocycles. The number of aryl methyl sites for hydroxylation is 1. The monoisotopic (exact) mass is 304 g/mol. The highest BCUT2D eigenvalue weighted by atomic mass is 35.5. The quantitative estimate of drug-likeness (QED) is 0.945. The van der Waals surface area contributed by atoms with E-state index in [1.165, 1.54) is 11.1 Å². The Morgan fingerprint density at radius 1 is 1.19 bits per heavy atom. The minimum Gasteiger partial charge on any atom is -0.336 e. The van der Waals surface area contributed by atoms with Crippen molar-refractivity contribution in [2.45, 2.75) is 26.3 Å². The first-order valence-electron chi connectivity index (χ1n) is 7.12. The number of hydrogen-bond donors (Lipinski definition) is 1. The molecule has 0 bridgehead atoms. The van der Waals surface area contributed by atoms with E-state index in [1.807, 2.05) is 13.0 Å². The van der Waals surface area contributed by atoms with Crippen LogP contribution in [0.2, 0.25) is 0 Å². The molecule has 0 spiro atoms. The Balaban J connectivity index is 0.00000161. The Hall–Kier alpha value is -1.65. The van der Waals surface area contributed by atoms with Crippen molar-refractivity contribution in [2.75, 3.05) is 18.0 Å². The summed E-state index contributed by atoms with van der Waals surface area (Å²) in [6.07, 6.45) is 1.86. The maximum atomic E-state index is 5.63. The average Bonchev–Trinajstić information content (AvgIpc) is 2.46.